The highest BCUT2D eigenvalue weighted by atomic mass is 16.5. The Labute approximate surface area is 119 Å². The zero-order chi connectivity index (χ0) is 14.5. The van der Waals surface area contributed by atoms with Gasteiger partial charge in [0.15, 0.2) is 0 Å². The summed E-state index contributed by atoms with van der Waals surface area (Å²) >= 11 is 0. The molecule has 2 aliphatic heterocycles. The summed E-state index contributed by atoms with van der Waals surface area (Å²) in [4.78, 5) is 26.1. The van der Waals surface area contributed by atoms with Crippen molar-refractivity contribution in [2.75, 3.05) is 26.9 Å². The third kappa shape index (κ3) is 3.42. The van der Waals surface area contributed by atoms with Crippen LogP contribution in [0.15, 0.2) is 0 Å². The van der Waals surface area contributed by atoms with E-state index in [9.17, 15) is 9.59 Å². The standard InChI is InChI=1S/C14H24N2O4/c1-10-4-3-7-16(10)13(17)12(15-14(18)19-2)11-5-8-20-9-6-11/h10-12H,3-9H2,1-2H3,(H,15,18)/t10-,12?/m1/s1. The molecule has 20 heavy (non-hydrogen) atoms. The van der Waals surface area contributed by atoms with Crippen LogP contribution in [-0.4, -0.2) is 55.9 Å². The van der Waals surface area contributed by atoms with Crippen LogP contribution < -0.4 is 5.32 Å². The van der Waals surface area contributed by atoms with Crippen LogP contribution in [0.5, 0.6) is 0 Å². The molecule has 0 aromatic rings. The molecule has 0 aliphatic carbocycles. The quantitative estimate of drug-likeness (QED) is 0.844. The van der Waals surface area contributed by atoms with E-state index in [-0.39, 0.29) is 17.9 Å². The van der Waals surface area contributed by atoms with Crippen LogP contribution in [0.1, 0.15) is 32.6 Å². The SMILES string of the molecule is COC(=O)NC(C(=O)N1CCC[C@H]1C)C1CCOCC1. The summed E-state index contributed by atoms with van der Waals surface area (Å²) in [6.45, 7) is 4.13. The molecule has 0 bridgehead atoms. The maximum atomic E-state index is 12.7. The van der Waals surface area contributed by atoms with Crippen molar-refractivity contribution in [1.82, 2.24) is 10.2 Å². The lowest BCUT2D eigenvalue weighted by molar-refractivity contribution is -0.136. The number of hydrogen-bond donors (Lipinski definition) is 1. The molecule has 1 N–H and O–H groups in total. The number of alkyl carbamates (subject to hydrolysis) is 1. The van der Waals surface area contributed by atoms with Crippen molar-refractivity contribution < 1.29 is 19.1 Å². The first-order chi connectivity index (χ1) is 9.63. The zero-order valence-electron chi connectivity index (χ0n) is 12.3. The van der Waals surface area contributed by atoms with Crippen LogP contribution in [0.4, 0.5) is 4.79 Å². The molecule has 6 heteroatoms. The molecule has 2 fully saturated rings. The topological polar surface area (TPSA) is 67.9 Å². The van der Waals surface area contributed by atoms with E-state index in [0.29, 0.717) is 13.2 Å². The molecule has 0 aromatic carbocycles. The van der Waals surface area contributed by atoms with Crippen molar-refractivity contribution in [3.05, 3.63) is 0 Å². The Morgan fingerprint density at radius 3 is 2.55 bits per heavy atom. The fourth-order valence-electron chi connectivity index (χ4n) is 3.06. The fourth-order valence-corrected chi connectivity index (χ4v) is 3.06. The van der Waals surface area contributed by atoms with E-state index >= 15 is 0 Å². The second-order valence-electron chi connectivity index (χ2n) is 5.59. The highest BCUT2D eigenvalue weighted by Crippen LogP contribution is 2.24. The summed E-state index contributed by atoms with van der Waals surface area (Å²) in [5.41, 5.74) is 0. The molecule has 0 spiro atoms. The Morgan fingerprint density at radius 1 is 1.30 bits per heavy atom. The van der Waals surface area contributed by atoms with Crippen molar-refractivity contribution in [2.45, 2.75) is 44.7 Å². The number of likely N-dealkylation sites (tertiary alicyclic amines) is 1. The Bertz CT molecular complexity index is 355. The van der Waals surface area contributed by atoms with Gasteiger partial charge in [-0.2, -0.15) is 0 Å². The number of carbonyl (C=O) groups is 2. The summed E-state index contributed by atoms with van der Waals surface area (Å²) in [5, 5.41) is 2.73. The van der Waals surface area contributed by atoms with Crippen molar-refractivity contribution in [3.63, 3.8) is 0 Å². The van der Waals surface area contributed by atoms with Crippen LogP contribution in [0.2, 0.25) is 0 Å². The predicted molar refractivity (Wildman–Crippen MR) is 73.3 cm³/mol. The Kier molecular flexibility index (Phi) is 5.23. The second kappa shape index (κ2) is 6.92. The van der Waals surface area contributed by atoms with E-state index in [0.717, 1.165) is 32.2 Å². The minimum absolute atomic E-state index is 0.0206. The van der Waals surface area contributed by atoms with E-state index in [1.807, 2.05) is 4.90 Å². The molecule has 114 valence electrons. The van der Waals surface area contributed by atoms with Crippen LogP contribution in [-0.2, 0) is 14.3 Å². The lowest BCUT2D eigenvalue weighted by Crippen LogP contribution is -2.54. The van der Waals surface area contributed by atoms with E-state index in [4.69, 9.17) is 4.74 Å². The van der Waals surface area contributed by atoms with Crippen molar-refractivity contribution in [3.8, 4) is 0 Å². The number of methoxy groups -OCH3 is 1. The molecule has 2 saturated heterocycles. The maximum absolute atomic E-state index is 12.7. The molecule has 2 atom stereocenters. The normalized spacial score (nSPS) is 25.3. The van der Waals surface area contributed by atoms with E-state index in [1.54, 1.807) is 0 Å². The molecule has 1 unspecified atom stereocenters. The van der Waals surface area contributed by atoms with Gasteiger partial charge in [-0.3, -0.25) is 4.79 Å². The van der Waals surface area contributed by atoms with Gasteiger partial charge >= 0.3 is 6.09 Å². The molecule has 2 amide bonds. The molecular weight excluding hydrogens is 260 g/mol. The van der Waals surface area contributed by atoms with Crippen molar-refractivity contribution in [2.24, 2.45) is 5.92 Å². The van der Waals surface area contributed by atoms with Crippen LogP contribution in [0.3, 0.4) is 0 Å². The average molecular weight is 284 g/mol. The number of carbonyl (C=O) groups excluding carboxylic acids is 2. The molecule has 2 rings (SSSR count). The Hall–Kier alpha value is -1.30. The zero-order valence-corrected chi connectivity index (χ0v) is 12.3. The third-order valence-corrected chi connectivity index (χ3v) is 4.30. The first kappa shape index (κ1) is 15.1. The first-order valence-corrected chi connectivity index (χ1v) is 7.36. The number of amides is 2. The van der Waals surface area contributed by atoms with Gasteiger partial charge in [-0.05, 0) is 38.5 Å². The first-order valence-electron chi connectivity index (χ1n) is 7.36. The molecule has 0 saturated carbocycles. The van der Waals surface area contributed by atoms with Crippen LogP contribution in [0.25, 0.3) is 0 Å². The summed E-state index contributed by atoms with van der Waals surface area (Å²) in [7, 11) is 1.32. The number of ether oxygens (including phenoxy) is 2. The lowest BCUT2D eigenvalue weighted by atomic mass is 9.90. The van der Waals surface area contributed by atoms with Crippen LogP contribution >= 0.6 is 0 Å². The molecule has 6 nitrogen and oxygen atoms in total. The van der Waals surface area contributed by atoms with Gasteiger partial charge in [-0.25, -0.2) is 4.79 Å². The van der Waals surface area contributed by atoms with Crippen molar-refractivity contribution >= 4 is 12.0 Å². The van der Waals surface area contributed by atoms with E-state index < -0.39 is 12.1 Å². The number of nitrogens with one attached hydrogen (secondary N) is 1. The number of rotatable bonds is 3. The van der Waals surface area contributed by atoms with Gasteiger partial charge in [-0.1, -0.05) is 0 Å². The van der Waals surface area contributed by atoms with Gasteiger partial charge in [0.05, 0.1) is 7.11 Å². The van der Waals surface area contributed by atoms with Gasteiger partial charge in [-0.15, -0.1) is 0 Å². The van der Waals surface area contributed by atoms with Crippen molar-refractivity contribution in [1.29, 1.82) is 0 Å². The lowest BCUT2D eigenvalue weighted by Gasteiger charge is -2.33. The summed E-state index contributed by atoms with van der Waals surface area (Å²) in [6, 6.07) is -0.240. The Morgan fingerprint density at radius 2 is 2.00 bits per heavy atom. The molecular formula is C14H24N2O4. The summed E-state index contributed by atoms with van der Waals surface area (Å²) < 4.78 is 10.00. The molecule has 2 heterocycles. The maximum Gasteiger partial charge on any atom is 0.407 e. The smallest absolute Gasteiger partial charge is 0.407 e. The molecule has 0 aromatic heterocycles. The summed E-state index contributed by atoms with van der Waals surface area (Å²) in [6.07, 6.45) is 3.11. The third-order valence-electron chi connectivity index (χ3n) is 4.30. The van der Waals surface area contributed by atoms with Gasteiger partial charge in [0, 0.05) is 25.8 Å². The summed E-state index contributed by atoms with van der Waals surface area (Å²) in [5.74, 6) is 0.149. The minimum atomic E-state index is -0.540. The number of nitrogens with zero attached hydrogens (tertiary/aromatic N) is 1. The van der Waals surface area contributed by atoms with Gasteiger partial charge in [0.25, 0.3) is 0 Å². The number of hydrogen-bond acceptors (Lipinski definition) is 4. The average Bonchev–Trinajstić information content (AvgIpc) is 2.91. The molecule has 2 aliphatic rings. The molecule has 0 radical (unpaired) electrons. The highest BCUT2D eigenvalue weighted by molar-refractivity contribution is 5.86. The Balaban J connectivity index is 2.07. The predicted octanol–water partition coefficient (Wildman–Crippen LogP) is 1.15. The van der Waals surface area contributed by atoms with E-state index in [2.05, 4.69) is 17.0 Å². The second-order valence-corrected chi connectivity index (χ2v) is 5.59. The van der Waals surface area contributed by atoms with Crippen LogP contribution in [0, 0.1) is 5.92 Å². The van der Waals surface area contributed by atoms with Gasteiger partial charge in [0.2, 0.25) is 5.91 Å². The minimum Gasteiger partial charge on any atom is -0.453 e. The van der Waals surface area contributed by atoms with E-state index in [1.165, 1.54) is 7.11 Å². The fraction of sp³-hybridized carbons (Fsp3) is 0.857. The largest absolute Gasteiger partial charge is 0.453 e. The van der Waals surface area contributed by atoms with Gasteiger partial charge < -0.3 is 19.7 Å². The monoisotopic (exact) mass is 284 g/mol. The van der Waals surface area contributed by atoms with Gasteiger partial charge in [0.1, 0.15) is 6.04 Å². The highest BCUT2D eigenvalue weighted by Gasteiger charge is 2.37.